The van der Waals surface area contributed by atoms with Gasteiger partial charge in [0.15, 0.2) is 0 Å². The summed E-state index contributed by atoms with van der Waals surface area (Å²) in [6.45, 7) is 0. The predicted octanol–water partition coefficient (Wildman–Crippen LogP) is 1.93. The summed E-state index contributed by atoms with van der Waals surface area (Å²) >= 11 is 0. The zero-order valence-electron chi connectivity index (χ0n) is 9.92. The topological polar surface area (TPSA) is 54.4 Å². The molecule has 0 aliphatic rings. The summed E-state index contributed by atoms with van der Waals surface area (Å²) < 4.78 is 31.0. The largest absolute Gasteiger partial charge is 2.00 e. The Balaban J connectivity index is 0. The van der Waals surface area contributed by atoms with Crippen molar-refractivity contribution in [3.05, 3.63) is 42.5 Å². The average Bonchev–Trinajstić information content (AvgIpc) is 2.15. The molecular weight excluding hydrogens is 224 g/mol. The third kappa shape index (κ3) is 2.49. The van der Waals surface area contributed by atoms with E-state index in [-0.39, 0.29) is 30.8 Å². The van der Waals surface area contributed by atoms with Crippen molar-refractivity contribution in [2.45, 2.75) is 4.90 Å². The molecule has 2 rings (SSSR count). The molecule has 0 saturated carbocycles. The molecule has 0 unspecified atom stereocenters. The Morgan fingerprint density at radius 2 is 1.60 bits per heavy atom. The number of fused-ring (bicyclic) bond motifs is 1. The van der Waals surface area contributed by atoms with Crippen molar-refractivity contribution in [1.29, 1.82) is 0 Å². The SMILES string of the molecule is O=S(=O)(O)c1cccc2ccccc12.[H-].[H-].[Mg+2]. The van der Waals surface area contributed by atoms with Crippen LogP contribution in [0.15, 0.2) is 47.4 Å². The fourth-order valence-corrected chi connectivity index (χ4v) is 2.13. The molecule has 0 spiro atoms. The van der Waals surface area contributed by atoms with Crippen molar-refractivity contribution in [3.63, 3.8) is 0 Å². The summed E-state index contributed by atoms with van der Waals surface area (Å²) in [7, 11) is -4.13. The van der Waals surface area contributed by atoms with E-state index in [0.717, 1.165) is 5.39 Å². The first-order valence-corrected chi connectivity index (χ1v) is 5.48. The molecule has 0 heterocycles. The second-order valence-electron chi connectivity index (χ2n) is 2.95. The third-order valence-corrected chi connectivity index (χ3v) is 2.94. The first kappa shape index (κ1) is 12.4. The number of benzene rings is 2. The molecule has 0 radical (unpaired) electrons. The van der Waals surface area contributed by atoms with Gasteiger partial charge in [-0.25, -0.2) is 0 Å². The summed E-state index contributed by atoms with van der Waals surface area (Å²) in [5, 5.41) is 1.33. The van der Waals surface area contributed by atoms with Crippen molar-refractivity contribution < 1.29 is 15.8 Å². The molecular formula is C10H10MgO3S. The average molecular weight is 235 g/mol. The van der Waals surface area contributed by atoms with Gasteiger partial charge in [0.25, 0.3) is 10.1 Å². The van der Waals surface area contributed by atoms with Crippen LogP contribution in [0, 0.1) is 0 Å². The van der Waals surface area contributed by atoms with E-state index in [0.29, 0.717) is 5.39 Å². The van der Waals surface area contributed by atoms with Gasteiger partial charge < -0.3 is 2.85 Å². The van der Waals surface area contributed by atoms with Crippen LogP contribution < -0.4 is 0 Å². The molecule has 0 bridgehead atoms. The summed E-state index contributed by atoms with van der Waals surface area (Å²) in [6.07, 6.45) is 0. The van der Waals surface area contributed by atoms with E-state index in [1.54, 1.807) is 30.3 Å². The van der Waals surface area contributed by atoms with Gasteiger partial charge in [0.05, 0.1) is 0 Å². The Kier molecular flexibility index (Phi) is 3.72. The van der Waals surface area contributed by atoms with E-state index in [9.17, 15) is 8.42 Å². The second-order valence-corrected chi connectivity index (χ2v) is 4.34. The van der Waals surface area contributed by atoms with Crippen molar-refractivity contribution in [2.24, 2.45) is 0 Å². The molecule has 0 saturated heterocycles. The van der Waals surface area contributed by atoms with Gasteiger partial charge in [-0.05, 0) is 11.5 Å². The van der Waals surface area contributed by atoms with Gasteiger partial charge in [-0.15, -0.1) is 0 Å². The molecule has 5 heteroatoms. The van der Waals surface area contributed by atoms with E-state index in [1.165, 1.54) is 6.07 Å². The molecule has 0 aromatic heterocycles. The molecule has 15 heavy (non-hydrogen) atoms. The Labute approximate surface area is 107 Å². The molecule has 0 atom stereocenters. The van der Waals surface area contributed by atoms with Crippen LogP contribution in [-0.4, -0.2) is 36.0 Å². The van der Waals surface area contributed by atoms with E-state index < -0.39 is 10.1 Å². The molecule has 2 aromatic carbocycles. The van der Waals surface area contributed by atoms with Crippen molar-refractivity contribution in [3.8, 4) is 0 Å². The summed E-state index contributed by atoms with van der Waals surface area (Å²) in [6, 6.07) is 11.8. The maximum absolute atomic E-state index is 11.0. The van der Waals surface area contributed by atoms with Gasteiger partial charge in [-0.3, -0.25) is 4.55 Å². The van der Waals surface area contributed by atoms with Gasteiger partial charge in [0.1, 0.15) is 4.90 Å². The maximum atomic E-state index is 11.0. The van der Waals surface area contributed by atoms with Crippen molar-refractivity contribution >= 4 is 43.9 Å². The van der Waals surface area contributed by atoms with Crippen LogP contribution in [0.5, 0.6) is 0 Å². The number of hydrogen-bond donors (Lipinski definition) is 1. The number of hydrogen-bond acceptors (Lipinski definition) is 2. The van der Waals surface area contributed by atoms with Crippen LogP contribution in [0.1, 0.15) is 2.85 Å². The van der Waals surface area contributed by atoms with Gasteiger partial charge in [0.2, 0.25) is 0 Å². The van der Waals surface area contributed by atoms with Crippen LogP contribution in [0.3, 0.4) is 0 Å². The van der Waals surface area contributed by atoms with E-state index >= 15 is 0 Å². The summed E-state index contributed by atoms with van der Waals surface area (Å²) in [5.74, 6) is 0. The first-order valence-electron chi connectivity index (χ1n) is 4.04. The Bertz CT molecular complexity index is 582. The van der Waals surface area contributed by atoms with Gasteiger partial charge in [-0.2, -0.15) is 8.42 Å². The minimum Gasteiger partial charge on any atom is -1.00 e. The Hall–Kier alpha value is -0.624. The summed E-state index contributed by atoms with van der Waals surface area (Å²) in [5.41, 5.74) is 0. The Morgan fingerprint density at radius 3 is 2.27 bits per heavy atom. The van der Waals surface area contributed by atoms with E-state index in [1.807, 2.05) is 6.07 Å². The predicted molar refractivity (Wildman–Crippen MR) is 61.7 cm³/mol. The Morgan fingerprint density at radius 1 is 1.00 bits per heavy atom. The van der Waals surface area contributed by atoms with Crippen LogP contribution in [-0.2, 0) is 10.1 Å². The van der Waals surface area contributed by atoms with E-state index in [4.69, 9.17) is 4.55 Å². The van der Waals surface area contributed by atoms with Crippen LogP contribution >= 0.6 is 0 Å². The minimum atomic E-state index is -4.13. The molecule has 3 nitrogen and oxygen atoms in total. The van der Waals surface area contributed by atoms with Crippen molar-refractivity contribution in [1.82, 2.24) is 0 Å². The van der Waals surface area contributed by atoms with Crippen LogP contribution in [0.2, 0.25) is 0 Å². The molecule has 76 valence electrons. The summed E-state index contributed by atoms with van der Waals surface area (Å²) in [4.78, 5) is -0.0457. The van der Waals surface area contributed by atoms with Gasteiger partial charge in [-0.1, -0.05) is 36.4 Å². The minimum absolute atomic E-state index is 0. The van der Waals surface area contributed by atoms with Gasteiger partial charge in [0, 0.05) is 5.39 Å². The molecule has 2 aromatic rings. The molecule has 1 N–H and O–H groups in total. The zero-order chi connectivity index (χ0) is 10.2. The third-order valence-electron chi connectivity index (χ3n) is 2.03. The molecule has 0 fully saturated rings. The zero-order valence-corrected chi connectivity index (χ0v) is 10.2. The monoisotopic (exact) mass is 234 g/mol. The quantitative estimate of drug-likeness (QED) is 0.606. The molecule has 0 aliphatic heterocycles. The smallest absolute Gasteiger partial charge is 1.00 e. The molecule has 0 amide bonds. The second kappa shape index (κ2) is 4.48. The maximum Gasteiger partial charge on any atom is 2.00 e. The van der Waals surface area contributed by atoms with E-state index in [2.05, 4.69) is 0 Å². The molecule has 0 aliphatic carbocycles. The fourth-order valence-electron chi connectivity index (χ4n) is 1.42. The van der Waals surface area contributed by atoms with Crippen LogP contribution in [0.4, 0.5) is 0 Å². The normalized spacial score (nSPS) is 11.0. The number of rotatable bonds is 1. The van der Waals surface area contributed by atoms with Crippen molar-refractivity contribution in [2.75, 3.05) is 0 Å². The standard InChI is InChI=1S/C10H8O3S.Mg.2H/c11-14(12,13)10-7-3-5-8-4-1-2-6-9(8)10;;;/h1-7H,(H,11,12,13);;;/q;+2;2*-1. The van der Waals surface area contributed by atoms with Crippen LogP contribution in [0.25, 0.3) is 10.8 Å². The van der Waals surface area contributed by atoms with Gasteiger partial charge >= 0.3 is 23.1 Å². The fraction of sp³-hybridized carbons (Fsp3) is 0. The first-order chi connectivity index (χ1) is 6.59.